The molecule has 0 aromatic carbocycles. The van der Waals surface area contributed by atoms with Gasteiger partial charge in [-0.25, -0.2) is 0 Å². The number of pyridine rings is 2. The summed E-state index contributed by atoms with van der Waals surface area (Å²) in [6, 6.07) is 6.53. The first-order valence-electron chi connectivity index (χ1n) is 6.34. The third-order valence-electron chi connectivity index (χ3n) is 2.91. The molecule has 1 amide bonds. The van der Waals surface area contributed by atoms with Gasteiger partial charge in [-0.3, -0.25) is 19.6 Å². The van der Waals surface area contributed by atoms with Crippen LogP contribution in [0, 0.1) is 6.92 Å². The van der Waals surface area contributed by atoms with Gasteiger partial charge >= 0.3 is 0 Å². The van der Waals surface area contributed by atoms with Gasteiger partial charge in [0.2, 0.25) is 0 Å². The summed E-state index contributed by atoms with van der Waals surface area (Å²) in [5.41, 5.74) is 2.16. The molecule has 0 unspecified atom stereocenters. The minimum absolute atomic E-state index is 0.0290. The van der Waals surface area contributed by atoms with Crippen molar-refractivity contribution >= 4 is 23.3 Å². The van der Waals surface area contributed by atoms with Crippen molar-refractivity contribution in [1.82, 2.24) is 15.3 Å². The van der Waals surface area contributed by atoms with E-state index >= 15 is 0 Å². The summed E-state index contributed by atoms with van der Waals surface area (Å²) in [5.74, 6) is -0.355. The number of amides is 1. The summed E-state index contributed by atoms with van der Waals surface area (Å²) in [4.78, 5) is 31.5. The van der Waals surface area contributed by atoms with E-state index in [4.69, 9.17) is 11.6 Å². The zero-order valence-corrected chi connectivity index (χ0v) is 12.4. The summed E-state index contributed by atoms with van der Waals surface area (Å²) in [6.45, 7) is 3.52. The molecule has 0 spiro atoms. The highest BCUT2D eigenvalue weighted by Gasteiger charge is 2.09. The monoisotopic (exact) mass is 303 g/mol. The standard InChI is InChI=1S/C15H14ClN3O2/c1-9-13(10(2)20)4-3-12(19-9)8-18-15(21)14-7-11(16)5-6-17-14/h3-7H,8H2,1-2H3,(H,18,21). The lowest BCUT2D eigenvalue weighted by Crippen LogP contribution is -2.24. The number of hydrogen-bond donors (Lipinski definition) is 1. The minimum Gasteiger partial charge on any atom is -0.345 e. The van der Waals surface area contributed by atoms with Crippen molar-refractivity contribution in [1.29, 1.82) is 0 Å². The van der Waals surface area contributed by atoms with Crippen LogP contribution < -0.4 is 5.32 Å². The molecule has 0 atom stereocenters. The summed E-state index contributed by atoms with van der Waals surface area (Å²) in [5, 5.41) is 3.16. The summed E-state index contributed by atoms with van der Waals surface area (Å²) in [7, 11) is 0. The number of nitrogens with one attached hydrogen (secondary N) is 1. The lowest BCUT2D eigenvalue weighted by molar-refractivity contribution is 0.0944. The Bertz CT molecular complexity index is 701. The van der Waals surface area contributed by atoms with Gasteiger partial charge in [0.15, 0.2) is 5.78 Å². The number of rotatable bonds is 4. The first-order chi connectivity index (χ1) is 9.97. The highest BCUT2D eigenvalue weighted by molar-refractivity contribution is 6.30. The molecule has 0 saturated heterocycles. The number of aryl methyl sites for hydroxylation is 1. The Balaban J connectivity index is 2.05. The van der Waals surface area contributed by atoms with Crippen molar-refractivity contribution in [2.24, 2.45) is 0 Å². The third-order valence-corrected chi connectivity index (χ3v) is 3.14. The van der Waals surface area contributed by atoms with Crippen molar-refractivity contribution in [2.75, 3.05) is 0 Å². The molecule has 0 aliphatic heterocycles. The first kappa shape index (κ1) is 15.1. The van der Waals surface area contributed by atoms with Crippen LogP contribution in [0.2, 0.25) is 5.02 Å². The Morgan fingerprint density at radius 2 is 2.05 bits per heavy atom. The molecule has 2 aromatic rings. The second-order valence-corrected chi connectivity index (χ2v) is 4.97. The van der Waals surface area contributed by atoms with E-state index in [2.05, 4.69) is 15.3 Å². The number of Topliss-reactive ketones (excluding diaryl/α,β-unsaturated/α-hetero) is 1. The van der Waals surface area contributed by atoms with Gasteiger partial charge in [-0.15, -0.1) is 0 Å². The SMILES string of the molecule is CC(=O)c1ccc(CNC(=O)c2cc(Cl)ccn2)nc1C. The molecule has 0 aliphatic carbocycles. The Labute approximate surface area is 127 Å². The molecule has 108 valence electrons. The maximum absolute atomic E-state index is 11.9. The van der Waals surface area contributed by atoms with Gasteiger partial charge in [-0.2, -0.15) is 0 Å². The lowest BCUT2D eigenvalue weighted by Gasteiger charge is -2.07. The largest absolute Gasteiger partial charge is 0.345 e. The molecule has 0 bridgehead atoms. The first-order valence-corrected chi connectivity index (χ1v) is 6.72. The number of hydrogen-bond acceptors (Lipinski definition) is 4. The molecule has 2 aromatic heterocycles. The fourth-order valence-corrected chi connectivity index (χ4v) is 2.03. The van der Waals surface area contributed by atoms with Crippen molar-refractivity contribution < 1.29 is 9.59 Å². The van der Waals surface area contributed by atoms with E-state index in [1.165, 1.54) is 19.2 Å². The smallest absolute Gasteiger partial charge is 0.270 e. The molecule has 1 N–H and O–H groups in total. The van der Waals surface area contributed by atoms with Crippen LogP contribution in [0.15, 0.2) is 30.5 Å². The van der Waals surface area contributed by atoms with Gasteiger partial charge in [0, 0.05) is 22.5 Å². The minimum atomic E-state index is -0.326. The van der Waals surface area contributed by atoms with E-state index in [-0.39, 0.29) is 23.9 Å². The third kappa shape index (κ3) is 3.86. The Hall–Kier alpha value is -2.27. The number of carbonyl (C=O) groups is 2. The molecule has 0 saturated carbocycles. The van der Waals surface area contributed by atoms with E-state index in [0.29, 0.717) is 22.0 Å². The molecule has 0 fully saturated rings. The Morgan fingerprint density at radius 3 is 2.67 bits per heavy atom. The number of carbonyl (C=O) groups excluding carboxylic acids is 2. The number of halogens is 1. The van der Waals surface area contributed by atoms with Crippen LogP contribution in [0.25, 0.3) is 0 Å². The van der Waals surface area contributed by atoms with Crippen molar-refractivity contribution in [3.8, 4) is 0 Å². The Morgan fingerprint density at radius 1 is 1.29 bits per heavy atom. The molecule has 21 heavy (non-hydrogen) atoms. The molecule has 2 heterocycles. The predicted molar refractivity (Wildman–Crippen MR) is 79.4 cm³/mol. The van der Waals surface area contributed by atoms with Crippen LogP contribution in [0.3, 0.4) is 0 Å². The topological polar surface area (TPSA) is 72.0 Å². The van der Waals surface area contributed by atoms with E-state index in [1.807, 2.05) is 0 Å². The maximum atomic E-state index is 11.9. The lowest BCUT2D eigenvalue weighted by atomic mass is 10.1. The predicted octanol–water partition coefficient (Wildman–Crippen LogP) is 2.57. The maximum Gasteiger partial charge on any atom is 0.270 e. The van der Waals surface area contributed by atoms with Crippen LogP contribution in [0.4, 0.5) is 0 Å². The Kier molecular flexibility index (Phi) is 4.65. The number of aromatic nitrogens is 2. The fraction of sp³-hybridized carbons (Fsp3) is 0.200. The zero-order valence-electron chi connectivity index (χ0n) is 11.7. The van der Waals surface area contributed by atoms with Gasteiger partial charge in [0.25, 0.3) is 5.91 Å². The second kappa shape index (κ2) is 6.45. The van der Waals surface area contributed by atoms with E-state index in [1.54, 1.807) is 25.1 Å². The van der Waals surface area contributed by atoms with Crippen LogP contribution in [0.1, 0.15) is 39.2 Å². The average molecular weight is 304 g/mol. The van der Waals surface area contributed by atoms with Gasteiger partial charge in [0.1, 0.15) is 5.69 Å². The summed E-state index contributed by atoms with van der Waals surface area (Å²) >= 11 is 5.81. The van der Waals surface area contributed by atoms with Gasteiger partial charge < -0.3 is 5.32 Å². The van der Waals surface area contributed by atoms with Crippen molar-refractivity contribution in [3.63, 3.8) is 0 Å². The van der Waals surface area contributed by atoms with Crippen LogP contribution >= 0.6 is 11.6 Å². The number of ketones is 1. The summed E-state index contributed by atoms with van der Waals surface area (Å²) < 4.78 is 0. The molecular formula is C15H14ClN3O2. The average Bonchev–Trinajstić information content (AvgIpc) is 2.44. The second-order valence-electron chi connectivity index (χ2n) is 4.53. The van der Waals surface area contributed by atoms with E-state index < -0.39 is 0 Å². The van der Waals surface area contributed by atoms with E-state index in [0.717, 1.165) is 0 Å². The van der Waals surface area contributed by atoms with E-state index in [9.17, 15) is 9.59 Å². The van der Waals surface area contributed by atoms with Gasteiger partial charge in [-0.05, 0) is 38.1 Å². The van der Waals surface area contributed by atoms with Crippen molar-refractivity contribution in [2.45, 2.75) is 20.4 Å². The van der Waals surface area contributed by atoms with Crippen molar-refractivity contribution in [3.05, 3.63) is 58.1 Å². The molecule has 0 aliphatic rings. The molecular weight excluding hydrogens is 290 g/mol. The van der Waals surface area contributed by atoms with Crippen LogP contribution in [-0.4, -0.2) is 21.7 Å². The summed E-state index contributed by atoms with van der Waals surface area (Å²) in [6.07, 6.45) is 1.47. The normalized spacial score (nSPS) is 10.2. The molecule has 2 rings (SSSR count). The zero-order chi connectivity index (χ0) is 15.4. The molecule has 0 radical (unpaired) electrons. The quantitative estimate of drug-likeness (QED) is 0.881. The van der Waals surface area contributed by atoms with Gasteiger partial charge in [-0.1, -0.05) is 11.6 Å². The van der Waals surface area contributed by atoms with Crippen LogP contribution in [0.5, 0.6) is 0 Å². The molecule has 5 nitrogen and oxygen atoms in total. The fourth-order valence-electron chi connectivity index (χ4n) is 1.87. The number of nitrogens with zero attached hydrogens (tertiary/aromatic N) is 2. The van der Waals surface area contributed by atoms with Crippen LogP contribution in [-0.2, 0) is 6.54 Å². The highest BCUT2D eigenvalue weighted by atomic mass is 35.5. The van der Waals surface area contributed by atoms with Gasteiger partial charge in [0.05, 0.1) is 12.2 Å². The molecule has 6 heteroatoms. The highest BCUT2D eigenvalue weighted by Crippen LogP contribution is 2.09.